The number of thioether (sulfide) groups is 1. The largest absolute Gasteiger partial charge is 0.276 e. The Kier molecular flexibility index (Phi) is 3.97. The van der Waals surface area contributed by atoms with Crippen molar-refractivity contribution in [2.24, 2.45) is 7.05 Å². The standard InChI is InChI=1S/C15H16N4S/c1-19-10-12(9-18-19)5-4-8-20-15-13-6-2-3-7-14(13)16-11-17-15/h2-3,6-7,9-11H,4-5,8H2,1H3. The van der Waals surface area contributed by atoms with Gasteiger partial charge in [-0.3, -0.25) is 4.68 Å². The molecule has 0 N–H and O–H groups in total. The first-order valence-corrected chi connectivity index (χ1v) is 7.61. The van der Waals surface area contributed by atoms with Crippen molar-refractivity contribution in [1.82, 2.24) is 19.7 Å². The molecule has 1 aromatic carbocycles. The normalized spacial score (nSPS) is 11.1. The summed E-state index contributed by atoms with van der Waals surface area (Å²) in [4.78, 5) is 8.68. The van der Waals surface area contributed by atoms with Crippen LogP contribution in [0.5, 0.6) is 0 Å². The maximum Gasteiger partial charge on any atom is 0.117 e. The van der Waals surface area contributed by atoms with Gasteiger partial charge in [0.1, 0.15) is 11.4 Å². The zero-order valence-corrected chi connectivity index (χ0v) is 12.2. The molecule has 0 atom stereocenters. The molecule has 0 saturated heterocycles. The molecule has 3 aromatic rings. The van der Waals surface area contributed by atoms with Gasteiger partial charge in [-0.2, -0.15) is 5.10 Å². The topological polar surface area (TPSA) is 43.6 Å². The second kappa shape index (κ2) is 6.05. The highest BCUT2D eigenvalue weighted by Crippen LogP contribution is 2.24. The number of hydrogen-bond acceptors (Lipinski definition) is 4. The van der Waals surface area contributed by atoms with E-state index in [1.54, 1.807) is 18.1 Å². The lowest BCUT2D eigenvalue weighted by Gasteiger charge is -2.04. The summed E-state index contributed by atoms with van der Waals surface area (Å²) in [5.74, 6) is 1.05. The van der Waals surface area contributed by atoms with Crippen LogP contribution in [0.4, 0.5) is 0 Å². The molecule has 20 heavy (non-hydrogen) atoms. The van der Waals surface area contributed by atoms with Gasteiger partial charge in [0.25, 0.3) is 0 Å². The van der Waals surface area contributed by atoms with Crippen LogP contribution >= 0.6 is 11.8 Å². The predicted octanol–water partition coefficient (Wildman–Crippen LogP) is 3.09. The number of hydrogen-bond donors (Lipinski definition) is 0. The Morgan fingerprint density at radius 2 is 2.10 bits per heavy atom. The average molecular weight is 284 g/mol. The summed E-state index contributed by atoms with van der Waals surface area (Å²) in [6.07, 6.45) is 7.83. The van der Waals surface area contributed by atoms with Crippen molar-refractivity contribution in [3.63, 3.8) is 0 Å². The molecule has 0 bridgehead atoms. The summed E-state index contributed by atoms with van der Waals surface area (Å²) in [7, 11) is 1.95. The van der Waals surface area contributed by atoms with Crippen LogP contribution in [-0.2, 0) is 13.5 Å². The highest BCUT2D eigenvalue weighted by molar-refractivity contribution is 7.99. The summed E-state index contributed by atoms with van der Waals surface area (Å²) in [5.41, 5.74) is 2.30. The first-order chi connectivity index (χ1) is 9.83. The van der Waals surface area contributed by atoms with E-state index >= 15 is 0 Å². The van der Waals surface area contributed by atoms with Crippen molar-refractivity contribution in [2.75, 3.05) is 5.75 Å². The fraction of sp³-hybridized carbons (Fsp3) is 0.267. The van der Waals surface area contributed by atoms with E-state index in [9.17, 15) is 0 Å². The zero-order valence-electron chi connectivity index (χ0n) is 11.4. The SMILES string of the molecule is Cn1cc(CCCSc2ncnc3ccccc23)cn1. The first kappa shape index (κ1) is 13.1. The van der Waals surface area contributed by atoms with E-state index in [4.69, 9.17) is 0 Å². The van der Waals surface area contributed by atoms with Gasteiger partial charge in [-0.15, -0.1) is 11.8 Å². The van der Waals surface area contributed by atoms with Gasteiger partial charge < -0.3 is 0 Å². The monoisotopic (exact) mass is 284 g/mol. The Bertz CT molecular complexity index is 702. The van der Waals surface area contributed by atoms with Crippen LogP contribution < -0.4 is 0 Å². The van der Waals surface area contributed by atoms with Gasteiger partial charge in [0.05, 0.1) is 11.7 Å². The van der Waals surface area contributed by atoms with Gasteiger partial charge in [0, 0.05) is 18.6 Å². The van der Waals surface area contributed by atoms with E-state index < -0.39 is 0 Å². The quantitative estimate of drug-likeness (QED) is 0.410. The van der Waals surface area contributed by atoms with Gasteiger partial charge in [0.2, 0.25) is 0 Å². The lowest BCUT2D eigenvalue weighted by Crippen LogP contribution is -1.90. The van der Waals surface area contributed by atoms with Gasteiger partial charge >= 0.3 is 0 Å². The number of fused-ring (bicyclic) bond motifs is 1. The molecule has 5 heteroatoms. The summed E-state index contributed by atoms with van der Waals surface area (Å²) in [6, 6.07) is 8.15. The molecular formula is C15H16N4S. The van der Waals surface area contributed by atoms with Crippen molar-refractivity contribution >= 4 is 22.7 Å². The lowest BCUT2D eigenvalue weighted by molar-refractivity contribution is 0.766. The highest BCUT2D eigenvalue weighted by atomic mass is 32.2. The molecule has 2 heterocycles. The van der Waals surface area contributed by atoms with Crippen LogP contribution in [-0.4, -0.2) is 25.5 Å². The summed E-state index contributed by atoms with van der Waals surface area (Å²) in [6.45, 7) is 0. The Morgan fingerprint density at radius 1 is 1.20 bits per heavy atom. The number of aromatic nitrogens is 4. The van der Waals surface area contributed by atoms with Gasteiger partial charge in [-0.25, -0.2) is 9.97 Å². The third-order valence-corrected chi connectivity index (χ3v) is 4.20. The predicted molar refractivity (Wildman–Crippen MR) is 81.8 cm³/mol. The molecule has 3 rings (SSSR count). The fourth-order valence-corrected chi connectivity index (χ4v) is 3.07. The Balaban J connectivity index is 1.60. The Hall–Kier alpha value is -1.88. The van der Waals surface area contributed by atoms with Crippen molar-refractivity contribution in [3.8, 4) is 0 Å². The van der Waals surface area contributed by atoms with Crippen LogP contribution in [0.2, 0.25) is 0 Å². The maximum absolute atomic E-state index is 4.39. The number of aryl methyl sites for hydroxylation is 2. The molecule has 2 aromatic heterocycles. The van der Waals surface area contributed by atoms with E-state index in [1.807, 2.05) is 36.1 Å². The second-order valence-electron chi connectivity index (χ2n) is 4.67. The summed E-state index contributed by atoms with van der Waals surface area (Å²) in [5, 5.41) is 6.39. The van der Waals surface area contributed by atoms with Crippen molar-refractivity contribution in [1.29, 1.82) is 0 Å². The van der Waals surface area contributed by atoms with Crippen LogP contribution in [0.25, 0.3) is 10.9 Å². The van der Waals surface area contributed by atoms with E-state index in [0.29, 0.717) is 0 Å². The number of rotatable bonds is 5. The third-order valence-electron chi connectivity index (χ3n) is 3.11. The minimum Gasteiger partial charge on any atom is -0.276 e. The van der Waals surface area contributed by atoms with E-state index in [0.717, 1.165) is 34.5 Å². The summed E-state index contributed by atoms with van der Waals surface area (Å²) >= 11 is 1.80. The van der Waals surface area contributed by atoms with Gasteiger partial charge in [-0.1, -0.05) is 18.2 Å². The number of benzene rings is 1. The zero-order chi connectivity index (χ0) is 13.8. The fourth-order valence-electron chi connectivity index (χ4n) is 2.14. The number of para-hydroxylation sites is 1. The molecule has 0 aliphatic heterocycles. The molecular weight excluding hydrogens is 268 g/mol. The molecule has 0 fully saturated rings. The molecule has 0 radical (unpaired) electrons. The second-order valence-corrected chi connectivity index (χ2v) is 5.75. The molecule has 102 valence electrons. The molecule has 0 spiro atoms. The molecule has 0 saturated carbocycles. The first-order valence-electron chi connectivity index (χ1n) is 6.63. The minimum atomic E-state index is 1.01. The van der Waals surface area contributed by atoms with E-state index in [1.165, 1.54) is 5.56 Å². The van der Waals surface area contributed by atoms with Crippen LogP contribution in [0.1, 0.15) is 12.0 Å². The van der Waals surface area contributed by atoms with Gasteiger partial charge in [0.15, 0.2) is 0 Å². The van der Waals surface area contributed by atoms with Crippen LogP contribution in [0.15, 0.2) is 48.0 Å². The number of nitrogens with zero attached hydrogens (tertiary/aromatic N) is 4. The average Bonchev–Trinajstić information content (AvgIpc) is 2.89. The van der Waals surface area contributed by atoms with Crippen LogP contribution in [0.3, 0.4) is 0 Å². The Morgan fingerprint density at radius 3 is 2.95 bits per heavy atom. The third kappa shape index (κ3) is 2.99. The highest BCUT2D eigenvalue weighted by Gasteiger charge is 2.03. The molecule has 0 aliphatic rings. The lowest BCUT2D eigenvalue weighted by atomic mass is 10.2. The smallest absolute Gasteiger partial charge is 0.117 e. The van der Waals surface area contributed by atoms with E-state index in [-0.39, 0.29) is 0 Å². The Labute approximate surface area is 122 Å². The maximum atomic E-state index is 4.39. The molecule has 0 amide bonds. The van der Waals surface area contributed by atoms with Crippen LogP contribution in [0, 0.1) is 0 Å². The van der Waals surface area contributed by atoms with Gasteiger partial charge in [-0.05, 0) is 30.2 Å². The molecule has 0 aliphatic carbocycles. The summed E-state index contributed by atoms with van der Waals surface area (Å²) < 4.78 is 1.85. The van der Waals surface area contributed by atoms with E-state index in [2.05, 4.69) is 27.3 Å². The van der Waals surface area contributed by atoms with Crippen molar-refractivity contribution in [2.45, 2.75) is 17.9 Å². The molecule has 0 unspecified atom stereocenters. The minimum absolute atomic E-state index is 1.01. The van der Waals surface area contributed by atoms with Crippen molar-refractivity contribution < 1.29 is 0 Å². The van der Waals surface area contributed by atoms with Crippen molar-refractivity contribution in [3.05, 3.63) is 48.5 Å². The molecule has 4 nitrogen and oxygen atoms in total.